The maximum absolute atomic E-state index is 14.3. The van der Waals surface area contributed by atoms with Gasteiger partial charge in [-0.25, -0.2) is 9.37 Å². The van der Waals surface area contributed by atoms with E-state index in [2.05, 4.69) is 4.98 Å². The lowest BCUT2D eigenvalue weighted by atomic mass is 9.72. The SMILES string of the molecule is COc1cc(C2CCC(COc3cccc([C@H](C4CC4)C(C)(C)C(=O)O)c3)CC2)c(F)cn1. The molecule has 1 N–H and O–H groups in total. The number of carboxylic acid groups (broad SMARTS) is 1. The van der Waals surface area contributed by atoms with Gasteiger partial charge in [-0.2, -0.15) is 0 Å². The number of hydrogen-bond acceptors (Lipinski definition) is 4. The summed E-state index contributed by atoms with van der Waals surface area (Å²) in [5.41, 5.74) is 0.928. The Balaban J connectivity index is 1.36. The van der Waals surface area contributed by atoms with Crippen LogP contribution in [0.25, 0.3) is 0 Å². The van der Waals surface area contributed by atoms with Crippen molar-refractivity contribution in [1.29, 1.82) is 0 Å². The van der Waals surface area contributed by atoms with Gasteiger partial charge in [-0.15, -0.1) is 0 Å². The molecule has 1 aromatic heterocycles. The number of carbonyl (C=O) groups is 1. The number of carboxylic acids is 1. The molecule has 2 aliphatic rings. The summed E-state index contributed by atoms with van der Waals surface area (Å²) >= 11 is 0. The minimum Gasteiger partial charge on any atom is -0.493 e. The van der Waals surface area contributed by atoms with Crippen molar-refractivity contribution < 1.29 is 23.8 Å². The zero-order valence-electron chi connectivity index (χ0n) is 19.7. The minimum atomic E-state index is -0.816. The molecular formula is C27H34FNO4. The number of hydrogen-bond donors (Lipinski definition) is 1. The molecule has 1 heterocycles. The van der Waals surface area contributed by atoms with Gasteiger partial charge >= 0.3 is 5.97 Å². The van der Waals surface area contributed by atoms with Gasteiger partial charge in [0.2, 0.25) is 5.88 Å². The molecule has 1 aromatic carbocycles. The van der Waals surface area contributed by atoms with Gasteiger partial charge in [0.1, 0.15) is 11.6 Å². The molecule has 4 rings (SSSR count). The molecule has 0 amide bonds. The number of nitrogens with zero attached hydrogens (tertiary/aromatic N) is 1. The van der Waals surface area contributed by atoms with Crippen molar-refractivity contribution in [2.45, 2.75) is 64.2 Å². The highest BCUT2D eigenvalue weighted by Crippen LogP contribution is 2.52. The average molecular weight is 456 g/mol. The Hall–Kier alpha value is -2.63. The fourth-order valence-corrected chi connectivity index (χ4v) is 5.35. The smallest absolute Gasteiger partial charge is 0.309 e. The molecule has 1 atom stereocenters. The lowest BCUT2D eigenvalue weighted by Gasteiger charge is -2.31. The van der Waals surface area contributed by atoms with E-state index in [1.54, 1.807) is 13.2 Å². The van der Waals surface area contributed by atoms with Crippen molar-refractivity contribution in [2.24, 2.45) is 17.3 Å². The van der Waals surface area contributed by atoms with E-state index in [0.717, 1.165) is 49.8 Å². The molecule has 0 spiro atoms. The van der Waals surface area contributed by atoms with E-state index in [1.807, 2.05) is 38.1 Å². The average Bonchev–Trinajstić information content (AvgIpc) is 3.63. The van der Waals surface area contributed by atoms with E-state index < -0.39 is 11.4 Å². The van der Waals surface area contributed by atoms with Crippen molar-refractivity contribution in [2.75, 3.05) is 13.7 Å². The molecule has 6 heteroatoms. The Kier molecular flexibility index (Phi) is 6.91. The number of methoxy groups -OCH3 is 1. The fraction of sp³-hybridized carbons (Fsp3) is 0.556. The molecule has 0 radical (unpaired) electrons. The first-order valence-electron chi connectivity index (χ1n) is 11.9. The molecule has 2 saturated carbocycles. The topological polar surface area (TPSA) is 68.7 Å². The molecule has 33 heavy (non-hydrogen) atoms. The molecule has 178 valence electrons. The summed E-state index contributed by atoms with van der Waals surface area (Å²) in [7, 11) is 1.54. The molecule has 0 aliphatic heterocycles. The quantitative estimate of drug-likeness (QED) is 0.488. The monoisotopic (exact) mass is 455 g/mol. The van der Waals surface area contributed by atoms with Gasteiger partial charge in [0.15, 0.2) is 0 Å². The van der Waals surface area contributed by atoms with Crippen LogP contribution in [0.4, 0.5) is 4.39 Å². The van der Waals surface area contributed by atoms with Crippen LogP contribution in [0.2, 0.25) is 0 Å². The number of pyridine rings is 1. The highest BCUT2D eigenvalue weighted by atomic mass is 19.1. The standard InChI is InChI=1S/C27H34FNO4/c1-27(2,26(30)31)25(19-11-12-19)20-5-4-6-21(13-20)33-16-17-7-9-18(10-8-17)22-14-24(32-3)29-15-23(22)28/h4-6,13-15,17-19,25H,7-12,16H2,1-3H3,(H,30,31)/t17?,18?,25-/m0/s1. The third kappa shape index (κ3) is 5.31. The van der Waals surface area contributed by atoms with E-state index >= 15 is 0 Å². The van der Waals surface area contributed by atoms with Crippen LogP contribution >= 0.6 is 0 Å². The van der Waals surface area contributed by atoms with Crippen LogP contribution in [0, 0.1) is 23.1 Å². The van der Waals surface area contributed by atoms with Crippen LogP contribution in [0.15, 0.2) is 36.5 Å². The number of aromatic nitrogens is 1. The van der Waals surface area contributed by atoms with Crippen LogP contribution in [0.5, 0.6) is 11.6 Å². The maximum Gasteiger partial charge on any atom is 0.309 e. The second-order valence-corrected chi connectivity index (χ2v) is 10.2. The molecule has 0 unspecified atom stereocenters. The minimum absolute atomic E-state index is 0.0127. The Morgan fingerprint density at radius 1 is 1.18 bits per heavy atom. The number of halogens is 1. The Morgan fingerprint density at radius 2 is 1.91 bits per heavy atom. The predicted molar refractivity (Wildman–Crippen MR) is 124 cm³/mol. The highest BCUT2D eigenvalue weighted by molar-refractivity contribution is 5.75. The summed E-state index contributed by atoms with van der Waals surface area (Å²) in [5, 5.41) is 9.78. The third-order valence-corrected chi connectivity index (χ3v) is 7.48. The van der Waals surface area contributed by atoms with Crippen LogP contribution in [0.3, 0.4) is 0 Å². The second-order valence-electron chi connectivity index (χ2n) is 10.2. The van der Waals surface area contributed by atoms with Crippen molar-refractivity contribution >= 4 is 5.97 Å². The first-order valence-corrected chi connectivity index (χ1v) is 11.9. The summed E-state index contributed by atoms with van der Waals surface area (Å²) < 4.78 is 25.6. The zero-order valence-corrected chi connectivity index (χ0v) is 19.7. The zero-order chi connectivity index (χ0) is 23.6. The first-order chi connectivity index (χ1) is 15.8. The predicted octanol–water partition coefficient (Wildman–Crippen LogP) is 6.19. The largest absolute Gasteiger partial charge is 0.493 e. The molecule has 0 bridgehead atoms. The van der Waals surface area contributed by atoms with Gasteiger partial charge in [-0.05, 0) is 93.4 Å². The summed E-state index contributed by atoms with van der Waals surface area (Å²) in [4.78, 5) is 15.8. The summed E-state index contributed by atoms with van der Waals surface area (Å²) in [5.74, 6) is 1.24. The number of rotatable bonds is 9. The van der Waals surface area contributed by atoms with Gasteiger partial charge in [-0.3, -0.25) is 4.79 Å². The van der Waals surface area contributed by atoms with Crippen LogP contribution in [-0.4, -0.2) is 29.8 Å². The molecule has 0 saturated heterocycles. The summed E-state index contributed by atoms with van der Waals surface area (Å²) in [6.07, 6.45) is 7.19. The first kappa shape index (κ1) is 23.5. The van der Waals surface area contributed by atoms with Gasteiger partial charge in [0, 0.05) is 12.0 Å². The number of aliphatic carboxylic acids is 1. The summed E-state index contributed by atoms with van der Waals surface area (Å²) in [6, 6.07) is 9.69. The molecule has 2 aromatic rings. The van der Waals surface area contributed by atoms with E-state index in [9.17, 15) is 14.3 Å². The van der Waals surface area contributed by atoms with E-state index in [4.69, 9.17) is 9.47 Å². The molecule has 2 aliphatic carbocycles. The second kappa shape index (κ2) is 9.70. The Bertz CT molecular complexity index is 980. The van der Waals surface area contributed by atoms with Gasteiger partial charge in [0.25, 0.3) is 0 Å². The van der Waals surface area contributed by atoms with E-state index in [0.29, 0.717) is 29.9 Å². The van der Waals surface area contributed by atoms with E-state index in [1.165, 1.54) is 6.20 Å². The Morgan fingerprint density at radius 3 is 2.55 bits per heavy atom. The van der Waals surface area contributed by atoms with Crippen LogP contribution in [0.1, 0.15) is 75.3 Å². The van der Waals surface area contributed by atoms with Gasteiger partial charge in [0.05, 0.1) is 25.3 Å². The fourth-order valence-electron chi connectivity index (χ4n) is 5.35. The van der Waals surface area contributed by atoms with Crippen molar-refractivity contribution in [3.63, 3.8) is 0 Å². The van der Waals surface area contributed by atoms with Crippen molar-refractivity contribution in [3.8, 4) is 11.6 Å². The third-order valence-electron chi connectivity index (χ3n) is 7.48. The van der Waals surface area contributed by atoms with Gasteiger partial charge in [-0.1, -0.05) is 12.1 Å². The van der Waals surface area contributed by atoms with Crippen LogP contribution < -0.4 is 9.47 Å². The van der Waals surface area contributed by atoms with E-state index in [-0.39, 0.29) is 17.7 Å². The maximum atomic E-state index is 14.3. The van der Waals surface area contributed by atoms with Crippen molar-refractivity contribution in [3.05, 3.63) is 53.5 Å². The highest BCUT2D eigenvalue weighted by Gasteiger charge is 2.46. The van der Waals surface area contributed by atoms with Gasteiger partial charge < -0.3 is 14.6 Å². The molecular weight excluding hydrogens is 421 g/mol. The molecule has 5 nitrogen and oxygen atoms in total. The Labute approximate surface area is 195 Å². The number of benzene rings is 1. The lowest BCUT2D eigenvalue weighted by Crippen LogP contribution is -2.32. The van der Waals surface area contributed by atoms with Crippen molar-refractivity contribution in [1.82, 2.24) is 4.98 Å². The normalized spacial score (nSPS) is 21.9. The lowest BCUT2D eigenvalue weighted by molar-refractivity contribution is -0.148. The summed E-state index contributed by atoms with van der Waals surface area (Å²) in [6.45, 7) is 4.27. The molecule has 2 fully saturated rings. The number of ether oxygens (including phenoxy) is 2. The van der Waals surface area contributed by atoms with Crippen LogP contribution in [-0.2, 0) is 4.79 Å².